The number of carboxylic acids is 1. The molecule has 1 aliphatic heterocycles. The molecule has 0 spiro atoms. The number of halogens is 2. The first-order valence-electron chi connectivity index (χ1n) is 11.8. The van der Waals surface area contributed by atoms with Crippen LogP contribution >= 0.6 is 0 Å². The van der Waals surface area contributed by atoms with Crippen LogP contribution in [0.1, 0.15) is 53.6 Å². The van der Waals surface area contributed by atoms with Crippen LogP contribution in [0.3, 0.4) is 0 Å². The Morgan fingerprint density at radius 2 is 1.94 bits per heavy atom. The molecule has 2 aromatic rings. The van der Waals surface area contributed by atoms with Crippen molar-refractivity contribution < 1.29 is 33.6 Å². The smallest absolute Gasteiger partial charge is 0.338 e. The second-order valence-corrected chi connectivity index (χ2v) is 9.78. The Balaban J connectivity index is 1.37. The monoisotopic (exact) mass is 470 g/mol. The lowest BCUT2D eigenvalue weighted by Gasteiger charge is -2.45. The molecule has 0 aromatic heterocycles. The lowest BCUT2D eigenvalue weighted by atomic mass is 9.61. The number of hydrogen-bond donors (Lipinski definition) is 3. The van der Waals surface area contributed by atoms with Crippen molar-refractivity contribution >= 4 is 5.97 Å². The molecule has 2 saturated carbocycles. The van der Waals surface area contributed by atoms with Crippen LogP contribution in [0.25, 0.3) is 0 Å². The van der Waals surface area contributed by atoms with Crippen LogP contribution in [0.5, 0.6) is 5.75 Å². The predicted molar refractivity (Wildman–Crippen MR) is 121 cm³/mol. The van der Waals surface area contributed by atoms with Crippen molar-refractivity contribution in [3.05, 3.63) is 76.9 Å². The van der Waals surface area contributed by atoms with Gasteiger partial charge >= 0.3 is 5.97 Å². The first kappa shape index (κ1) is 23.0. The molecule has 5 rings (SSSR count). The van der Waals surface area contributed by atoms with Gasteiger partial charge in [0.2, 0.25) is 0 Å². The molecule has 3 N–H and O–H groups in total. The van der Waals surface area contributed by atoms with Gasteiger partial charge in [-0.25, -0.2) is 13.6 Å². The molecule has 7 heteroatoms. The number of rotatable bonds is 5. The molecule has 180 valence electrons. The predicted octanol–water partition coefficient (Wildman–Crippen LogP) is 4.39. The summed E-state index contributed by atoms with van der Waals surface area (Å²) >= 11 is 0. The Bertz CT molecular complexity index is 1130. The molecule has 1 unspecified atom stereocenters. The van der Waals surface area contributed by atoms with Crippen molar-refractivity contribution in [3.63, 3.8) is 0 Å². The maximum Gasteiger partial charge on any atom is 0.338 e. The van der Waals surface area contributed by atoms with Crippen LogP contribution in [0.4, 0.5) is 8.78 Å². The number of hydrogen-bond acceptors (Lipinski definition) is 4. The summed E-state index contributed by atoms with van der Waals surface area (Å²) in [6, 6.07) is 9.38. The van der Waals surface area contributed by atoms with E-state index in [-0.39, 0.29) is 29.8 Å². The van der Waals surface area contributed by atoms with E-state index in [0.29, 0.717) is 36.8 Å². The van der Waals surface area contributed by atoms with E-state index >= 15 is 0 Å². The average Bonchev–Trinajstić information content (AvgIpc) is 2.94. The second-order valence-electron chi connectivity index (χ2n) is 9.78. The molecule has 34 heavy (non-hydrogen) atoms. The van der Waals surface area contributed by atoms with E-state index in [2.05, 4.69) is 0 Å². The van der Waals surface area contributed by atoms with E-state index < -0.39 is 41.1 Å². The molecular formula is C27H28F2O5. The van der Waals surface area contributed by atoms with Gasteiger partial charge in [0.05, 0.1) is 17.8 Å². The van der Waals surface area contributed by atoms with E-state index in [0.717, 1.165) is 6.42 Å². The number of ether oxygens (including phenoxy) is 1. The zero-order valence-electron chi connectivity index (χ0n) is 18.7. The van der Waals surface area contributed by atoms with Gasteiger partial charge in [-0.05, 0) is 48.9 Å². The van der Waals surface area contributed by atoms with E-state index in [4.69, 9.17) is 4.74 Å². The Morgan fingerprint density at radius 1 is 1.18 bits per heavy atom. The summed E-state index contributed by atoms with van der Waals surface area (Å²) in [6.45, 7) is 0. The third kappa shape index (κ3) is 3.71. The van der Waals surface area contributed by atoms with Gasteiger partial charge in [0.25, 0.3) is 0 Å². The van der Waals surface area contributed by atoms with Crippen LogP contribution in [0.15, 0.2) is 48.6 Å². The fourth-order valence-corrected chi connectivity index (χ4v) is 6.01. The number of aryl methyl sites for hydroxylation is 1. The van der Waals surface area contributed by atoms with Crippen molar-refractivity contribution in [2.24, 2.45) is 11.8 Å². The summed E-state index contributed by atoms with van der Waals surface area (Å²) in [6.07, 6.45) is 5.05. The van der Waals surface area contributed by atoms with Crippen molar-refractivity contribution in [3.8, 4) is 5.75 Å². The zero-order valence-corrected chi connectivity index (χ0v) is 18.7. The third-order valence-electron chi connectivity index (χ3n) is 8.05. The van der Waals surface area contributed by atoms with Crippen molar-refractivity contribution in [2.75, 3.05) is 0 Å². The zero-order chi connectivity index (χ0) is 24.0. The minimum absolute atomic E-state index is 0.0442. The van der Waals surface area contributed by atoms with Gasteiger partial charge in [-0.15, -0.1) is 0 Å². The molecule has 3 aliphatic rings. The molecule has 5 nitrogen and oxygen atoms in total. The van der Waals surface area contributed by atoms with Crippen molar-refractivity contribution in [1.29, 1.82) is 0 Å². The quantitative estimate of drug-likeness (QED) is 0.564. The first-order valence-corrected chi connectivity index (χ1v) is 11.8. The number of carbonyl (C=O) groups is 1. The Kier molecular flexibility index (Phi) is 5.94. The minimum Gasteiger partial charge on any atom is -0.487 e. The van der Waals surface area contributed by atoms with Gasteiger partial charge in [-0.1, -0.05) is 42.8 Å². The molecule has 2 aliphatic carbocycles. The van der Waals surface area contributed by atoms with Crippen molar-refractivity contribution in [1.82, 2.24) is 0 Å². The molecule has 0 amide bonds. The van der Waals surface area contributed by atoms with E-state index in [1.54, 1.807) is 36.4 Å². The van der Waals surface area contributed by atoms with Gasteiger partial charge in [0, 0.05) is 23.7 Å². The first-order chi connectivity index (χ1) is 16.3. The molecule has 0 saturated heterocycles. The molecular weight excluding hydrogens is 442 g/mol. The number of carboxylic acid groups (broad SMARTS) is 1. The summed E-state index contributed by atoms with van der Waals surface area (Å²) in [5.74, 6) is -3.04. The Hall–Kier alpha value is -2.77. The van der Waals surface area contributed by atoms with E-state index in [1.807, 2.05) is 0 Å². The molecule has 0 radical (unpaired) electrons. The summed E-state index contributed by atoms with van der Waals surface area (Å²) in [4.78, 5) is 11.3. The Labute approximate surface area is 196 Å². The highest BCUT2D eigenvalue weighted by molar-refractivity contribution is 5.88. The van der Waals surface area contributed by atoms with Crippen LogP contribution in [-0.2, 0) is 11.8 Å². The van der Waals surface area contributed by atoms with E-state index in [1.165, 1.54) is 12.1 Å². The maximum absolute atomic E-state index is 14.8. The van der Waals surface area contributed by atoms with Gasteiger partial charge in [-0.2, -0.15) is 0 Å². The highest BCUT2D eigenvalue weighted by Crippen LogP contribution is 2.48. The second kappa shape index (κ2) is 8.78. The third-order valence-corrected chi connectivity index (χ3v) is 8.05. The van der Waals surface area contributed by atoms with Gasteiger partial charge < -0.3 is 20.1 Å². The van der Waals surface area contributed by atoms with E-state index in [9.17, 15) is 28.9 Å². The lowest BCUT2D eigenvalue weighted by molar-refractivity contribution is 0.0587. The summed E-state index contributed by atoms with van der Waals surface area (Å²) in [7, 11) is 0. The average molecular weight is 471 g/mol. The van der Waals surface area contributed by atoms with Gasteiger partial charge in [0.15, 0.2) is 11.6 Å². The number of fused-ring (bicyclic) bond motifs is 2. The number of aliphatic hydroxyl groups excluding tert-OH is 2. The topological polar surface area (TPSA) is 87.0 Å². The Morgan fingerprint density at radius 3 is 2.62 bits per heavy atom. The molecule has 0 bridgehead atoms. The molecule has 5 atom stereocenters. The SMILES string of the molecule is O=C(O)c1ccc2c(c1F)O[C@H]1C[C@@H](O)[C@H](/C=C/C(O)C3(c4ccccc4F)CCC3)[C@H]1CC2. The highest BCUT2D eigenvalue weighted by Gasteiger charge is 2.47. The number of aromatic carboxylic acids is 1. The lowest BCUT2D eigenvalue weighted by Crippen LogP contribution is -2.45. The largest absolute Gasteiger partial charge is 0.487 e. The van der Waals surface area contributed by atoms with Crippen LogP contribution in [0, 0.1) is 23.5 Å². The van der Waals surface area contributed by atoms with Crippen molar-refractivity contribution in [2.45, 2.75) is 62.3 Å². The summed E-state index contributed by atoms with van der Waals surface area (Å²) in [5, 5.41) is 31.1. The molecule has 2 fully saturated rings. The van der Waals surface area contributed by atoms with Crippen LogP contribution in [-0.4, -0.2) is 39.6 Å². The van der Waals surface area contributed by atoms with Gasteiger partial charge in [-0.3, -0.25) is 0 Å². The fraction of sp³-hybridized carbons (Fsp3) is 0.444. The normalized spacial score (nSPS) is 28.4. The summed E-state index contributed by atoms with van der Waals surface area (Å²) < 4.78 is 35.3. The molecule has 2 aromatic carbocycles. The number of aliphatic hydroxyl groups is 2. The van der Waals surface area contributed by atoms with Crippen LogP contribution < -0.4 is 4.74 Å². The number of benzene rings is 2. The minimum atomic E-state index is -1.36. The standard InChI is InChI=1S/C27H28F2O5/c28-20-5-2-1-4-19(20)27(12-3-13-27)23(31)11-10-16-17-8-6-15-7-9-18(26(32)33)24(29)25(15)34-22(17)14-21(16)30/h1-2,4-5,7,9-11,16-17,21-23,30-31H,3,6,8,12-14H2,(H,32,33)/b11-10+/t16-,17-,21-,22+,23?/m1/s1. The van der Waals surface area contributed by atoms with Gasteiger partial charge in [0.1, 0.15) is 11.9 Å². The fourth-order valence-electron chi connectivity index (χ4n) is 6.01. The summed E-state index contributed by atoms with van der Waals surface area (Å²) in [5.41, 5.74) is 0.0229. The van der Waals surface area contributed by atoms with Crippen LogP contribution in [0.2, 0.25) is 0 Å². The maximum atomic E-state index is 14.8. The highest BCUT2D eigenvalue weighted by atomic mass is 19.1. The molecule has 1 heterocycles.